The number of nitrogens with one attached hydrogen (secondary N) is 1. The number of carbonyl (C=O) groups is 1. The zero-order valence-electron chi connectivity index (χ0n) is 14.9. The van der Waals surface area contributed by atoms with E-state index in [9.17, 15) is 4.79 Å². The number of rotatable bonds is 3. The van der Waals surface area contributed by atoms with Gasteiger partial charge in [0.2, 0.25) is 0 Å². The zero-order valence-corrected chi connectivity index (χ0v) is 14.9. The lowest BCUT2D eigenvalue weighted by Crippen LogP contribution is -2.12. The monoisotopic (exact) mass is 364 g/mol. The fourth-order valence-electron chi connectivity index (χ4n) is 3.36. The number of hydrogen-bond acceptors (Lipinski definition) is 3. The zero-order chi connectivity index (χ0) is 18.9. The molecule has 0 aliphatic carbocycles. The van der Waals surface area contributed by atoms with Crippen molar-refractivity contribution < 1.29 is 4.79 Å². The van der Waals surface area contributed by atoms with E-state index in [1.807, 2.05) is 77.4 Å². The number of anilines is 1. The number of amides is 1. The van der Waals surface area contributed by atoms with E-state index < -0.39 is 0 Å². The molecule has 1 amide bonds. The van der Waals surface area contributed by atoms with E-state index in [0.717, 1.165) is 27.8 Å². The number of benzene rings is 3. The Balaban J connectivity index is 1.42. The number of aromatic nitrogens is 3. The first-order valence-corrected chi connectivity index (χ1v) is 8.97. The summed E-state index contributed by atoms with van der Waals surface area (Å²) < 4.78 is 2.02. The third-order valence-electron chi connectivity index (χ3n) is 4.73. The minimum atomic E-state index is -0.176. The Labute approximate surface area is 161 Å². The highest BCUT2D eigenvalue weighted by molar-refractivity contribution is 6.11. The molecule has 5 aromatic rings. The van der Waals surface area contributed by atoms with Crippen molar-refractivity contribution in [3.05, 3.63) is 97.0 Å². The molecule has 0 saturated carbocycles. The predicted octanol–water partition coefficient (Wildman–Crippen LogP) is 4.83. The smallest absolute Gasteiger partial charge is 0.257 e. The van der Waals surface area contributed by atoms with Crippen molar-refractivity contribution in [2.45, 2.75) is 0 Å². The molecule has 2 aromatic heterocycles. The topological polar surface area (TPSA) is 59.8 Å². The summed E-state index contributed by atoms with van der Waals surface area (Å²) in [5.74, 6) is -0.176. The number of nitrogens with zero attached hydrogens (tertiary/aromatic N) is 3. The van der Waals surface area contributed by atoms with E-state index in [0.29, 0.717) is 11.1 Å². The van der Waals surface area contributed by atoms with Gasteiger partial charge in [-0.2, -0.15) is 0 Å². The summed E-state index contributed by atoms with van der Waals surface area (Å²) in [4.78, 5) is 21.5. The molecular weight excluding hydrogens is 348 g/mol. The molecule has 0 unspecified atom stereocenters. The Kier molecular flexibility index (Phi) is 3.84. The largest absolute Gasteiger partial charge is 0.322 e. The highest BCUT2D eigenvalue weighted by Crippen LogP contribution is 2.21. The molecular formula is C23H16N4O. The van der Waals surface area contributed by atoms with E-state index in [2.05, 4.69) is 15.3 Å². The van der Waals surface area contributed by atoms with Crippen LogP contribution in [0.4, 0.5) is 5.69 Å². The summed E-state index contributed by atoms with van der Waals surface area (Å²) in [6.45, 7) is 0. The van der Waals surface area contributed by atoms with Crippen molar-refractivity contribution in [1.29, 1.82) is 0 Å². The van der Waals surface area contributed by atoms with Gasteiger partial charge in [-0.05, 0) is 48.5 Å². The highest BCUT2D eigenvalue weighted by atomic mass is 16.1. The summed E-state index contributed by atoms with van der Waals surface area (Å²) in [7, 11) is 0. The first-order valence-electron chi connectivity index (χ1n) is 8.97. The van der Waals surface area contributed by atoms with Crippen LogP contribution in [0.3, 0.4) is 0 Å². The van der Waals surface area contributed by atoms with Crippen LogP contribution in [-0.2, 0) is 0 Å². The minimum Gasteiger partial charge on any atom is -0.322 e. The van der Waals surface area contributed by atoms with Gasteiger partial charge in [0, 0.05) is 23.0 Å². The normalized spacial score (nSPS) is 11.0. The third kappa shape index (κ3) is 2.79. The van der Waals surface area contributed by atoms with Crippen molar-refractivity contribution in [2.75, 3.05) is 5.32 Å². The first-order chi connectivity index (χ1) is 13.8. The highest BCUT2D eigenvalue weighted by Gasteiger charge is 2.11. The lowest BCUT2D eigenvalue weighted by Gasteiger charge is -2.09. The standard InChI is InChI=1S/C23H16N4O/c28-23(19-7-3-5-16-6-4-14-24-22(16)19)26-17-10-12-18(13-11-17)27-15-25-20-8-1-2-9-21(20)27/h1-15H,(H,26,28). The van der Waals surface area contributed by atoms with Crippen LogP contribution >= 0.6 is 0 Å². The van der Waals surface area contributed by atoms with E-state index in [-0.39, 0.29) is 5.91 Å². The van der Waals surface area contributed by atoms with Gasteiger partial charge in [0.25, 0.3) is 5.91 Å². The molecule has 0 radical (unpaired) electrons. The maximum absolute atomic E-state index is 12.8. The molecule has 134 valence electrons. The molecule has 0 fully saturated rings. The molecule has 2 heterocycles. The third-order valence-corrected chi connectivity index (χ3v) is 4.73. The van der Waals surface area contributed by atoms with Crippen LogP contribution in [0, 0.1) is 0 Å². The second-order valence-electron chi connectivity index (χ2n) is 6.48. The summed E-state index contributed by atoms with van der Waals surface area (Å²) >= 11 is 0. The van der Waals surface area contributed by atoms with Crippen molar-refractivity contribution in [1.82, 2.24) is 14.5 Å². The average molecular weight is 364 g/mol. The van der Waals surface area contributed by atoms with Crippen LogP contribution < -0.4 is 5.32 Å². The second kappa shape index (κ2) is 6.63. The van der Waals surface area contributed by atoms with Crippen LogP contribution in [0.25, 0.3) is 27.6 Å². The SMILES string of the molecule is O=C(Nc1ccc(-n2cnc3ccccc32)cc1)c1cccc2cccnc12. The van der Waals surface area contributed by atoms with Crippen molar-refractivity contribution in [3.63, 3.8) is 0 Å². The average Bonchev–Trinajstić information content (AvgIpc) is 3.18. The molecule has 0 atom stereocenters. The molecule has 0 aliphatic heterocycles. The fraction of sp³-hybridized carbons (Fsp3) is 0. The van der Waals surface area contributed by atoms with Gasteiger partial charge in [-0.1, -0.05) is 30.3 Å². The van der Waals surface area contributed by atoms with Crippen LogP contribution in [0.5, 0.6) is 0 Å². The lowest BCUT2D eigenvalue weighted by atomic mass is 10.1. The molecule has 5 rings (SSSR count). The van der Waals surface area contributed by atoms with E-state index >= 15 is 0 Å². The van der Waals surface area contributed by atoms with Gasteiger partial charge in [-0.25, -0.2) is 4.98 Å². The Morgan fingerprint density at radius 2 is 1.64 bits per heavy atom. The lowest BCUT2D eigenvalue weighted by molar-refractivity contribution is 0.102. The van der Waals surface area contributed by atoms with E-state index in [1.165, 1.54) is 0 Å². The quantitative estimate of drug-likeness (QED) is 0.499. The molecule has 3 aromatic carbocycles. The van der Waals surface area contributed by atoms with Crippen LogP contribution in [0.1, 0.15) is 10.4 Å². The summed E-state index contributed by atoms with van der Waals surface area (Å²) in [5, 5.41) is 3.90. The molecule has 5 heteroatoms. The van der Waals surface area contributed by atoms with Gasteiger partial charge in [0.1, 0.15) is 6.33 Å². The molecule has 0 saturated heterocycles. The van der Waals surface area contributed by atoms with E-state index in [1.54, 1.807) is 18.6 Å². The maximum Gasteiger partial charge on any atom is 0.257 e. The van der Waals surface area contributed by atoms with Crippen LogP contribution in [0.15, 0.2) is 91.4 Å². The van der Waals surface area contributed by atoms with Crippen molar-refractivity contribution in [2.24, 2.45) is 0 Å². The van der Waals surface area contributed by atoms with Crippen molar-refractivity contribution >= 4 is 33.5 Å². The molecule has 5 nitrogen and oxygen atoms in total. The molecule has 0 aliphatic rings. The Morgan fingerprint density at radius 1 is 0.821 bits per heavy atom. The fourth-order valence-corrected chi connectivity index (χ4v) is 3.36. The second-order valence-corrected chi connectivity index (χ2v) is 6.48. The van der Waals surface area contributed by atoms with Gasteiger partial charge in [0.15, 0.2) is 0 Å². The minimum absolute atomic E-state index is 0.176. The molecule has 1 N–H and O–H groups in total. The van der Waals surface area contributed by atoms with Crippen LogP contribution in [0.2, 0.25) is 0 Å². The van der Waals surface area contributed by atoms with Gasteiger partial charge in [-0.3, -0.25) is 14.3 Å². The van der Waals surface area contributed by atoms with Gasteiger partial charge >= 0.3 is 0 Å². The Bertz CT molecular complexity index is 1300. The first kappa shape index (κ1) is 16.2. The summed E-state index contributed by atoms with van der Waals surface area (Å²) in [5.41, 5.74) is 4.96. The number of pyridine rings is 1. The number of imidazole rings is 1. The van der Waals surface area contributed by atoms with Crippen molar-refractivity contribution in [3.8, 4) is 5.69 Å². The van der Waals surface area contributed by atoms with Gasteiger partial charge < -0.3 is 5.32 Å². The molecule has 0 bridgehead atoms. The summed E-state index contributed by atoms with van der Waals surface area (Å²) in [6.07, 6.45) is 3.50. The Morgan fingerprint density at radius 3 is 2.54 bits per heavy atom. The summed E-state index contributed by atoms with van der Waals surface area (Å²) in [6, 6.07) is 25.1. The van der Waals surface area contributed by atoms with Crippen LogP contribution in [-0.4, -0.2) is 20.4 Å². The number of fused-ring (bicyclic) bond motifs is 2. The maximum atomic E-state index is 12.8. The molecule has 28 heavy (non-hydrogen) atoms. The van der Waals surface area contributed by atoms with E-state index in [4.69, 9.17) is 0 Å². The number of para-hydroxylation sites is 3. The molecule has 0 spiro atoms. The van der Waals surface area contributed by atoms with Gasteiger partial charge in [-0.15, -0.1) is 0 Å². The number of hydrogen-bond donors (Lipinski definition) is 1. The van der Waals surface area contributed by atoms with Gasteiger partial charge in [0.05, 0.1) is 22.1 Å². The Hall–Kier alpha value is -3.99. The number of carbonyl (C=O) groups excluding carboxylic acids is 1. The predicted molar refractivity (Wildman–Crippen MR) is 111 cm³/mol.